The maximum atomic E-state index is 12.8. The molecule has 0 aliphatic heterocycles. The number of aryl methyl sites for hydroxylation is 2. The van der Waals surface area contributed by atoms with E-state index in [-0.39, 0.29) is 11.5 Å². The van der Waals surface area contributed by atoms with Gasteiger partial charge in [0.1, 0.15) is 5.69 Å². The minimum Gasteiger partial charge on any atom is -0.320 e. The number of rotatable bonds is 6. The second kappa shape index (κ2) is 8.52. The Morgan fingerprint density at radius 3 is 2.43 bits per heavy atom. The van der Waals surface area contributed by atoms with E-state index in [4.69, 9.17) is 0 Å². The molecule has 0 aliphatic carbocycles. The van der Waals surface area contributed by atoms with Gasteiger partial charge in [-0.1, -0.05) is 24.3 Å². The molecule has 1 aromatic heterocycles. The molecule has 0 fully saturated rings. The van der Waals surface area contributed by atoms with Crippen LogP contribution in [-0.4, -0.2) is 21.0 Å². The molecule has 5 nitrogen and oxygen atoms in total. The van der Waals surface area contributed by atoms with Gasteiger partial charge in [0.15, 0.2) is 0 Å². The standard InChI is InChI=1S/C22H25N3O2S/c1-15-10-11-19(14-16(15)2)28-13-12-20(26)23-21-17(3)24(4)25(22(21)27)18-8-6-5-7-9-18/h5-11,14H,12-13H2,1-4H3,(H,23,26). The molecule has 3 aromatic rings. The van der Waals surface area contributed by atoms with Gasteiger partial charge in [0.25, 0.3) is 5.56 Å². The summed E-state index contributed by atoms with van der Waals surface area (Å²) < 4.78 is 3.33. The molecule has 28 heavy (non-hydrogen) atoms. The zero-order valence-electron chi connectivity index (χ0n) is 16.7. The third-order valence-electron chi connectivity index (χ3n) is 4.89. The Kier molecular flexibility index (Phi) is 6.09. The van der Waals surface area contributed by atoms with Crippen LogP contribution in [0.3, 0.4) is 0 Å². The molecule has 0 aliphatic rings. The first-order valence-corrected chi connectivity index (χ1v) is 10.2. The first-order valence-electron chi connectivity index (χ1n) is 9.22. The van der Waals surface area contributed by atoms with Crippen molar-refractivity contribution in [1.82, 2.24) is 9.36 Å². The average molecular weight is 396 g/mol. The van der Waals surface area contributed by atoms with Gasteiger partial charge in [-0.25, -0.2) is 4.68 Å². The third-order valence-corrected chi connectivity index (χ3v) is 5.89. The molecule has 0 saturated heterocycles. The number of carbonyl (C=O) groups is 1. The van der Waals surface area contributed by atoms with Crippen LogP contribution in [0.5, 0.6) is 0 Å². The van der Waals surface area contributed by atoms with Gasteiger partial charge >= 0.3 is 0 Å². The maximum Gasteiger partial charge on any atom is 0.295 e. The van der Waals surface area contributed by atoms with Crippen molar-refractivity contribution >= 4 is 23.4 Å². The molecule has 0 saturated carbocycles. The fraction of sp³-hybridized carbons (Fsp3) is 0.273. The highest BCUT2D eigenvalue weighted by atomic mass is 32.2. The Balaban J connectivity index is 1.67. The normalized spacial score (nSPS) is 10.9. The quantitative estimate of drug-likeness (QED) is 0.636. The molecule has 6 heteroatoms. The van der Waals surface area contributed by atoms with Crippen LogP contribution in [0, 0.1) is 20.8 Å². The maximum absolute atomic E-state index is 12.8. The number of nitrogens with zero attached hydrogens (tertiary/aromatic N) is 2. The largest absolute Gasteiger partial charge is 0.320 e. The van der Waals surface area contributed by atoms with Crippen molar-refractivity contribution in [3.63, 3.8) is 0 Å². The van der Waals surface area contributed by atoms with E-state index in [2.05, 4.69) is 37.4 Å². The SMILES string of the molecule is Cc1ccc(SCCC(=O)Nc2c(C)n(C)n(-c3ccccc3)c2=O)cc1C. The molecule has 1 heterocycles. The minimum absolute atomic E-state index is 0.151. The zero-order valence-corrected chi connectivity index (χ0v) is 17.5. The number of hydrogen-bond donors (Lipinski definition) is 1. The average Bonchev–Trinajstić information content (AvgIpc) is 2.88. The lowest BCUT2D eigenvalue weighted by molar-refractivity contribution is -0.115. The predicted molar refractivity (Wildman–Crippen MR) is 116 cm³/mol. The second-order valence-electron chi connectivity index (χ2n) is 6.83. The highest BCUT2D eigenvalue weighted by Crippen LogP contribution is 2.22. The van der Waals surface area contributed by atoms with Crippen molar-refractivity contribution in [3.8, 4) is 5.69 Å². The van der Waals surface area contributed by atoms with Gasteiger partial charge in [-0.15, -0.1) is 11.8 Å². The number of hydrogen-bond acceptors (Lipinski definition) is 3. The molecule has 146 valence electrons. The topological polar surface area (TPSA) is 56.0 Å². The molecule has 1 N–H and O–H groups in total. The third kappa shape index (κ3) is 4.22. The molecule has 0 unspecified atom stereocenters. The van der Waals surface area contributed by atoms with Gasteiger partial charge in [0, 0.05) is 24.1 Å². The number of thioether (sulfide) groups is 1. The summed E-state index contributed by atoms with van der Waals surface area (Å²) in [4.78, 5) is 26.4. The van der Waals surface area contributed by atoms with Crippen molar-refractivity contribution in [1.29, 1.82) is 0 Å². The molecular weight excluding hydrogens is 370 g/mol. The van der Waals surface area contributed by atoms with E-state index in [1.54, 1.807) is 21.1 Å². The van der Waals surface area contributed by atoms with Crippen LogP contribution in [0.25, 0.3) is 5.69 Å². The van der Waals surface area contributed by atoms with Crippen LogP contribution in [-0.2, 0) is 11.8 Å². The molecule has 3 rings (SSSR count). The van der Waals surface area contributed by atoms with E-state index in [0.29, 0.717) is 17.9 Å². The lowest BCUT2D eigenvalue weighted by atomic mass is 10.1. The summed E-state index contributed by atoms with van der Waals surface area (Å²) in [7, 11) is 1.81. The van der Waals surface area contributed by atoms with Gasteiger partial charge in [-0.05, 0) is 56.2 Å². The Morgan fingerprint density at radius 1 is 1.04 bits per heavy atom. The van der Waals surface area contributed by atoms with Crippen LogP contribution in [0.1, 0.15) is 23.2 Å². The summed E-state index contributed by atoms with van der Waals surface area (Å²) in [5.74, 6) is 0.509. The van der Waals surface area contributed by atoms with Crippen LogP contribution in [0.2, 0.25) is 0 Å². The summed E-state index contributed by atoms with van der Waals surface area (Å²) >= 11 is 1.65. The number of aromatic nitrogens is 2. The number of nitrogens with one attached hydrogen (secondary N) is 1. The summed E-state index contributed by atoms with van der Waals surface area (Å²) in [6.45, 7) is 6.00. The molecule has 0 radical (unpaired) electrons. The van der Waals surface area contributed by atoms with E-state index in [9.17, 15) is 9.59 Å². The van der Waals surface area contributed by atoms with Crippen molar-refractivity contribution < 1.29 is 4.79 Å². The van der Waals surface area contributed by atoms with E-state index < -0.39 is 0 Å². The molecule has 0 bridgehead atoms. The fourth-order valence-corrected chi connectivity index (χ4v) is 3.93. The highest BCUT2D eigenvalue weighted by Gasteiger charge is 2.17. The Labute approximate surface area is 169 Å². The number of amides is 1. The minimum atomic E-state index is -0.221. The summed E-state index contributed by atoms with van der Waals surface area (Å²) in [6, 6.07) is 15.7. The Hall–Kier alpha value is -2.73. The number of benzene rings is 2. The van der Waals surface area contributed by atoms with E-state index in [1.165, 1.54) is 11.1 Å². The molecular formula is C22H25N3O2S. The fourth-order valence-electron chi connectivity index (χ4n) is 2.98. The summed E-state index contributed by atoms with van der Waals surface area (Å²) in [6.07, 6.45) is 0.344. The first-order chi connectivity index (χ1) is 13.4. The van der Waals surface area contributed by atoms with Crippen molar-refractivity contribution in [3.05, 3.63) is 75.7 Å². The summed E-state index contributed by atoms with van der Waals surface area (Å²) in [5, 5.41) is 2.81. The van der Waals surface area contributed by atoms with Crippen LogP contribution in [0.15, 0.2) is 58.2 Å². The number of para-hydroxylation sites is 1. The van der Waals surface area contributed by atoms with Crippen LogP contribution < -0.4 is 10.9 Å². The second-order valence-corrected chi connectivity index (χ2v) is 8.00. The molecule has 0 atom stereocenters. The summed E-state index contributed by atoms with van der Waals surface area (Å²) in [5.41, 5.74) is 4.12. The van der Waals surface area contributed by atoms with Gasteiger partial charge < -0.3 is 5.32 Å². The van der Waals surface area contributed by atoms with Gasteiger partial charge in [0.2, 0.25) is 5.91 Å². The van der Waals surface area contributed by atoms with E-state index in [1.807, 2.05) is 44.3 Å². The highest BCUT2D eigenvalue weighted by molar-refractivity contribution is 7.99. The molecule has 2 aromatic carbocycles. The molecule has 1 amide bonds. The van der Waals surface area contributed by atoms with Crippen LogP contribution >= 0.6 is 11.8 Å². The van der Waals surface area contributed by atoms with Gasteiger partial charge in [-0.2, -0.15) is 0 Å². The number of anilines is 1. The first kappa shape index (κ1) is 20.0. The van der Waals surface area contributed by atoms with Crippen LogP contribution in [0.4, 0.5) is 5.69 Å². The lowest BCUT2D eigenvalue weighted by Gasteiger charge is -2.07. The zero-order chi connectivity index (χ0) is 20.3. The molecule has 0 spiro atoms. The van der Waals surface area contributed by atoms with Crippen molar-refractivity contribution in [2.24, 2.45) is 7.05 Å². The van der Waals surface area contributed by atoms with Gasteiger partial charge in [0.05, 0.1) is 11.4 Å². The van der Waals surface area contributed by atoms with Crippen molar-refractivity contribution in [2.45, 2.75) is 32.1 Å². The predicted octanol–water partition coefficient (Wildman–Crippen LogP) is 4.22. The Bertz CT molecular complexity index is 1050. The number of carbonyl (C=O) groups excluding carboxylic acids is 1. The Morgan fingerprint density at radius 2 is 1.75 bits per heavy atom. The van der Waals surface area contributed by atoms with E-state index in [0.717, 1.165) is 16.3 Å². The van der Waals surface area contributed by atoms with Gasteiger partial charge in [-0.3, -0.25) is 14.3 Å². The van der Waals surface area contributed by atoms with E-state index >= 15 is 0 Å². The monoisotopic (exact) mass is 395 g/mol. The smallest absolute Gasteiger partial charge is 0.295 e. The van der Waals surface area contributed by atoms with Crippen molar-refractivity contribution in [2.75, 3.05) is 11.1 Å². The lowest BCUT2D eigenvalue weighted by Crippen LogP contribution is -2.23.